The molecule has 1 aliphatic rings. The molecule has 10 nitrogen and oxygen atoms in total. The summed E-state index contributed by atoms with van der Waals surface area (Å²) < 4.78 is 17.2. The van der Waals surface area contributed by atoms with Gasteiger partial charge in [0.15, 0.2) is 5.69 Å². The standard InChI is InChI=1S/C24H26N4O6/c1-32-15-9-10-19(20(12-15)33-2)28-24(31)18-8-4-3-7-17(18)22(27-28)23(30)26-14-21(29)25-13-16-6-5-11-34-16/h3-4,7-10,12,16H,5-6,11,13-14H2,1-2H3,(H,25,29)(H,26,30). The molecule has 0 aliphatic carbocycles. The molecule has 0 spiro atoms. The van der Waals surface area contributed by atoms with Crippen molar-refractivity contribution in [3.05, 3.63) is 58.5 Å². The molecule has 2 amide bonds. The van der Waals surface area contributed by atoms with E-state index >= 15 is 0 Å². The number of methoxy groups -OCH3 is 2. The van der Waals surface area contributed by atoms with Crippen LogP contribution in [0.5, 0.6) is 11.5 Å². The van der Waals surface area contributed by atoms with Gasteiger partial charge in [-0.2, -0.15) is 9.78 Å². The van der Waals surface area contributed by atoms with E-state index in [4.69, 9.17) is 14.2 Å². The summed E-state index contributed by atoms with van der Waals surface area (Å²) in [5.41, 5.74) is -0.0488. The maximum Gasteiger partial charge on any atom is 0.279 e. The molecule has 0 bridgehead atoms. The zero-order valence-electron chi connectivity index (χ0n) is 19.0. The molecule has 1 fully saturated rings. The maximum atomic E-state index is 13.2. The molecular formula is C24H26N4O6. The minimum Gasteiger partial charge on any atom is -0.497 e. The fourth-order valence-electron chi connectivity index (χ4n) is 3.82. The highest BCUT2D eigenvalue weighted by Gasteiger charge is 2.21. The van der Waals surface area contributed by atoms with Gasteiger partial charge in [0.1, 0.15) is 17.2 Å². The van der Waals surface area contributed by atoms with E-state index in [1.54, 1.807) is 42.5 Å². The van der Waals surface area contributed by atoms with Gasteiger partial charge in [-0.05, 0) is 31.0 Å². The lowest BCUT2D eigenvalue weighted by atomic mass is 10.1. The minimum atomic E-state index is -0.579. The van der Waals surface area contributed by atoms with Crippen molar-refractivity contribution in [2.24, 2.45) is 0 Å². The SMILES string of the molecule is COc1ccc(-n2nc(C(=O)NCC(=O)NCC3CCCO3)c3ccccc3c2=O)c(OC)c1. The first-order chi connectivity index (χ1) is 16.5. The topological polar surface area (TPSA) is 121 Å². The first kappa shape index (κ1) is 23.2. The number of nitrogens with zero attached hydrogens (tertiary/aromatic N) is 2. The summed E-state index contributed by atoms with van der Waals surface area (Å²) in [6, 6.07) is 11.6. The number of aromatic nitrogens is 2. The lowest BCUT2D eigenvalue weighted by Crippen LogP contribution is -2.40. The van der Waals surface area contributed by atoms with Crippen LogP contribution in [-0.4, -0.2) is 61.6 Å². The molecule has 34 heavy (non-hydrogen) atoms. The third-order valence-electron chi connectivity index (χ3n) is 5.60. The third-order valence-corrected chi connectivity index (χ3v) is 5.60. The van der Waals surface area contributed by atoms with Crippen molar-refractivity contribution in [1.82, 2.24) is 20.4 Å². The highest BCUT2D eigenvalue weighted by Crippen LogP contribution is 2.27. The van der Waals surface area contributed by atoms with Crippen molar-refractivity contribution in [3.8, 4) is 17.2 Å². The normalized spacial score (nSPS) is 15.2. The van der Waals surface area contributed by atoms with Gasteiger partial charge in [-0.15, -0.1) is 0 Å². The smallest absolute Gasteiger partial charge is 0.279 e. The number of carbonyl (C=O) groups excluding carboxylic acids is 2. The lowest BCUT2D eigenvalue weighted by molar-refractivity contribution is -0.120. The second-order valence-corrected chi connectivity index (χ2v) is 7.77. The van der Waals surface area contributed by atoms with Gasteiger partial charge in [0.25, 0.3) is 11.5 Å². The summed E-state index contributed by atoms with van der Waals surface area (Å²) in [6.45, 7) is 0.870. The van der Waals surface area contributed by atoms with Gasteiger partial charge in [-0.25, -0.2) is 0 Å². The van der Waals surface area contributed by atoms with Crippen LogP contribution in [0.25, 0.3) is 16.5 Å². The van der Waals surface area contributed by atoms with Crippen molar-refractivity contribution < 1.29 is 23.8 Å². The Hall–Kier alpha value is -3.92. The van der Waals surface area contributed by atoms with Crippen LogP contribution in [0.3, 0.4) is 0 Å². The molecule has 1 aliphatic heterocycles. The van der Waals surface area contributed by atoms with Crippen molar-refractivity contribution >= 4 is 22.6 Å². The van der Waals surface area contributed by atoms with Gasteiger partial charge in [0, 0.05) is 24.6 Å². The van der Waals surface area contributed by atoms with E-state index in [2.05, 4.69) is 15.7 Å². The van der Waals surface area contributed by atoms with Crippen LogP contribution in [-0.2, 0) is 9.53 Å². The monoisotopic (exact) mass is 466 g/mol. The molecule has 1 aromatic heterocycles. The zero-order valence-corrected chi connectivity index (χ0v) is 19.0. The predicted octanol–water partition coefficient (Wildman–Crippen LogP) is 1.43. The highest BCUT2D eigenvalue weighted by molar-refractivity contribution is 6.05. The predicted molar refractivity (Wildman–Crippen MR) is 125 cm³/mol. The molecule has 10 heteroatoms. The van der Waals surface area contributed by atoms with Crippen LogP contribution >= 0.6 is 0 Å². The van der Waals surface area contributed by atoms with Crippen LogP contribution in [0.4, 0.5) is 0 Å². The Morgan fingerprint density at radius 1 is 1.12 bits per heavy atom. The van der Waals surface area contributed by atoms with Crippen molar-refractivity contribution in [2.45, 2.75) is 18.9 Å². The minimum absolute atomic E-state index is 0.00768. The fraction of sp³-hybridized carbons (Fsp3) is 0.333. The Kier molecular flexibility index (Phi) is 7.07. The molecule has 0 saturated carbocycles. The zero-order chi connectivity index (χ0) is 24.1. The average Bonchev–Trinajstić information content (AvgIpc) is 3.40. The van der Waals surface area contributed by atoms with E-state index in [-0.39, 0.29) is 24.2 Å². The summed E-state index contributed by atoms with van der Waals surface area (Å²) in [5.74, 6) is -0.0199. The highest BCUT2D eigenvalue weighted by atomic mass is 16.5. The summed E-state index contributed by atoms with van der Waals surface area (Å²) in [4.78, 5) is 38.4. The molecule has 1 atom stereocenters. The average molecular weight is 466 g/mol. The van der Waals surface area contributed by atoms with E-state index in [0.717, 1.165) is 17.5 Å². The number of hydrogen-bond donors (Lipinski definition) is 2. The number of nitrogens with one attached hydrogen (secondary N) is 2. The summed E-state index contributed by atoms with van der Waals surface area (Å²) in [5, 5.41) is 10.4. The van der Waals surface area contributed by atoms with E-state index in [1.807, 2.05) is 0 Å². The van der Waals surface area contributed by atoms with Gasteiger partial charge in [0.2, 0.25) is 5.91 Å². The van der Waals surface area contributed by atoms with E-state index in [0.29, 0.717) is 41.1 Å². The molecule has 178 valence electrons. The van der Waals surface area contributed by atoms with Crippen molar-refractivity contribution in [2.75, 3.05) is 33.9 Å². The van der Waals surface area contributed by atoms with Crippen LogP contribution < -0.4 is 25.7 Å². The van der Waals surface area contributed by atoms with Gasteiger partial charge >= 0.3 is 0 Å². The van der Waals surface area contributed by atoms with Gasteiger partial charge in [-0.1, -0.05) is 18.2 Å². The van der Waals surface area contributed by atoms with Crippen molar-refractivity contribution in [1.29, 1.82) is 0 Å². The Labute approximate surface area is 195 Å². The molecule has 2 heterocycles. The number of benzene rings is 2. The lowest BCUT2D eigenvalue weighted by Gasteiger charge is -2.14. The van der Waals surface area contributed by atoms with Crippen LogP contribution in [0.2, 0.25) is 0 Å². The third kappa shape index (κ3) is 4.86. The second kappa shape index (κ2) is 10.3. The Balaban J connectivity index is 1.62. The Bertz CT molecular complexity index is 1270. The number of rotatable bonds is 8. The first-order valence-corrected chi connectivity index (χ1v) is 10.9. The Morgan fingerprint density at radius 3 is 2.62 bits per heavy atom. The number of amides is 2. The largest absolute Gasteiger partial charge is 0.497 e. The number of hydrogen-bond acceptors (Lipinski definition) is 7. The second-order valence-electron chi connectivity index (χ2n) is 7.77. The molecular weight excluding hydrogens is 440 g/mol. The van der Waals surface area contributed by atoms with Crippen LogP contribution in [0.15, 0.2) is 47.3 Å². The molecule has 1 saturated heterocycles. The van der Waals surface area contributed by atoms with E-state index < -0.39 is 11.5 Å². The van der Waals surface area contributed by atoms with E-state index in [9.17, 15) is 14.4 Å². The van der Waals surface area contributed by atoms with Crippen LogP contribution in [0, 0.1) is 0 Å². The van der Waals surface area contributed by atoms with E-state index in [1.165, 1.54) is 14.2 Å². The summed E-state index contributed by atoms with van der Waals surface area (Å²) in [6.07, 6.45) is 1.89. The molecule has 3 aromatic rings. The molecule has 2 N–H and O–H groups in total. The summed E-state index contributed by atoms with van der Waals surface area (Å²) in [7, 11) is 2.99. The summed E-state index contributed by atoms with van der Waals surface area (Å²) >= 11 is 0. The fourth-order valence-corrected chi connectivity index (χ4v) is 3.82. The molecule has 0 radical (unpaired) electrons. The van der Waals surface area contributed by atoms with Gasteiger partial charge in [-0.3, -0.25) is 14.4 Å². The van der Waals surface area contributed by atoms with Crippen molar-refractivity contribution in [3.63, 3.8) is 0 Å². The maximum absolute atomic E-state index is 13.2. The molecule has 4 rings (SSSR count). The Morgan fingerprint density at radius 2 is 1.91 bits per heavy atom. The molecule has 1 unspecified atom stereocenters. The number of fused-ring (bicyclic) bond motifs is 1. The molecule has 2 aromatic carbocycles. The quantitative estimate of drug-likeness (QED) is 0.515. The first-order valence-electron chi connectivity index (χ1n) is 10.9. The number of carbonyl (C=O) groups is 2. The van der Waals surface area contributed by atoms with Crippen LogP contribution in [0.1, 0.15) is 23.3 Å². The van der Waals surface area contributed by atoms with Gasteiger partial charge in [0.05, 0.1) is 32.3 Å². The number of ether oxygens (including phenoxy) is 3. The van der Waals surface area contributed by atoms with Gasteiger partial charge < -0.3 is 24.8 Å².